The van der Waals surface area contributed by atoms with Gasteiger partial charge in [0.15, 0.2) is 5.78 Å². The Labute approximate surface area is 102 Å². The highest BCUT2D eigenvalue weighted by atomic mass is 16.5. The van der Waals surface area contributed by atoms with E-state index in [1.54, 1.807) is 7.11 Å². The van der Waals surface area contributed by atoms with Crippen LogP contribution in [0, 0.1) is 20.8 Å². The lowest BCUT2D eigenvalue weighted by Crippen LogP contribution is -2.08. The van der Waals surface area contributed by atoms with Crippen molar-refractivity contribution in [2.24, 2.45) is 0 Å². The summed E-state index contributed by atoms with van der Waals surface area (Å²) >= 11 is 0. The van der Waals surface area contributed by atoms with Crippen LogP contribution in [0.2, 0.25) is 0 Å². The van der Waals surface area contributed by atoms with Crippen molar-refractivity contribution in [2.45, 2.75) is 33.6 Å². The fourth-order valence-electron chi connectivity index (χ4n) is 2.05. The Balaban J connectivity index is 3.16. The van der Waals surface area contributed by atoms with Gasteiger partial charge in [0, 0.05) is 18.6 Å². The van der Waals surface area contributed by atoms with Gasteiger partial charge in [0.2, 0.25) is 0 Å². The Morgan fingerprint density at radius 3 is 2.47 bits per heavy atom. The first-order valence-electron chi connectivity index (χ1n) is 5.81. The van der Waals surface area contributed by atoms with Gasteiger partial charge in [-0.05, 0) is 49.9 Å². The number of carbonyl (C=O) groups excluding carboxylic acids is 1. The molecule has 0 heterocycles. The van der Waals surface area contributed by atoms with E-state index in [0.29, 0.717) is 12.8 Å². The molecule has 0 fully saturated rings. The molecule has 0 saturated heterocycles. The van der Waals surface area contributed by atoms with E-state index in [1.165, 1.54) is 0 Å². The fraction of sp³-hybridized carbons (Fsp3) is 0.500. The lowest BCUT2D eigenvalue weighted by molar-refractivity contribution is 0.0970. The highest BCUT2D eigenvalue weighted by Crippen LogP contribution is 2.28. The molecule has 1 aromatic carbocycles. The second kappa shape index (κ2) is 5.82. The van der Waals surface area contributed by atoms with Crippen LogP contribution < -0.4 is 4.74 Å². The van der Waals surface area contributed by atoms with E-state index in [-0.39, 0.29) is 12.4 Å². The molecular formula is C14H20O3. The average molecular weight is 236 g/mol. The van der Waals surface area contributed by atoms with E-state index < -0.39 is 0 Å². The van der Waals surface area contributed by atoms with Crippen LogP contribution in [-0.2, 0) is 0 Å². The van der Waals surface area contributed by atoms with Gasteiger partial charge in [-0.2, -0.15) is 0 Å². The monoisotopic (exact) mass is 236 g/mol. The Morgan fingerprint density at radius 1 is 1.29 bits per heavy atom. The number of aliphatic hydroxyl groups is 1. The normalized spacial score (nSPS) is 10.4. The molecule has 0 radical (unpaired) electrons. The largest absolute Gasteiger partial charge is 0.496 e. The first kappa shape index (κ1) is 13.7. The van der Waals surface area contributed by atoms with E-state index >= 15 is 0 Å². The molecule has 3 nitrogen and oxygen atoms in total. The minimum Gasteiger partial charge on any atom is -0.496 e. The van der Waals surface area contributed by atoms with Gasteiger partial charge in [-0.1, -0.05) is 0 Å². The first-order valence-corrected chi connectivity index (χ1v) is 5.81. The zero-order chi connectivity index (χ0) is 13.0. The summed E-state index contributed by atoms with van der Waals surface area (Å²) in [4.78, 5) is 12.0. The molecule has 0 amide bonds. The third-order valence-electron chi connectivity index (χ3n) is 3.11. The molecule has 17 heavy (non-hydrogen) atoms. The maximum atomic E-state index is 12.0. The molecule has 1 aromatic rings. The molecule has 1 rings (SSSR count). The molecule has 0 spiro atoms. The number of benzene rings is 1. The summed E-state index contributed by atoms with van der Waals surface area (Å²) in [6, 6.07) is 1.90. The molecule has 94 valence electrons. The van der Waals surface area contributed by atoms with Gasteiger partial charge < -0.3 is 9.84 Å². The predicted octanol–water partition coefficient (Wildman–Crippen LogP) is 2.58. The topological polar surface area (TPSA) is 46.5 Å². The molecule has 3 heteroatoms. The van der Waals surface area contributed by atoms with Crippen LogP contribution in [0.1, 0.15) is 39.9 Å². The number of ketones is 1. The summed E-state index contributed by atoms with van der Waals surface area (Å²) in [5.41, 5.74) is 3.69. The van der Waals surface area contributed by atoms with E-state index in [0.717, 1.165) is 28.0 Å². The summed E-state index contributed by atoms with van der Waals surface area (Å²) in [7, 11) is 1.63. The van der Waals surface area contributed by atoms with Crippen LogP contribution >= 0.6 is 0 Å². The van der Waals surface area contributed by atoms with Crippen LogP contribution in [0.15, 0.2) is 6.07 Å². The highest BCUT2D eigenvalue weighted by Gasteiger charge is 2.16. The lowest BCUT2D eigenvalue weighted by atomic mass is 9.93. The second-order valence-electron chi connectivity index (χ2n) is 4.27. The van der Waals surface area contributed by atoms with Crippen LogP contribution in [0.4, 0.5) is 0 Å². The maximum absolute atomic E-state index is 12.0. The number of aryl methyl sites for hydroxylation is 1. The SMILES string of the molecule is COc1cc(C)c(C(=O)CCCO)c(C)c1C. The smallest absolute Gasteiger partial charge is 0.163 e. The summed E-state index contributed by atoms with van der Waals surface area (Å²) in [6.07, 6.45) is 0.909. The zero-order valence-electron chi connectivity index (χ0n) is 11.0. The third kappa shape index (κ3) is 2.86. The summed E-state index contributed by atoms with van der Waals surface area (Å²) in [5.74, 6) is 0.915. The Hall–Kier alpha value is -1.35. The van der Waals surface area contributed by atoms with Gasteiger partial charge in [-0.15, -0.1) is 0 Å². The number of rotatable bonds is 5. The van der Waals surface area contributed by atoms with Crippen molar-refractivity contribution in [3.8, 4) is 5.75 Å². The summed E-state index contributed by atoms with van der Waals surface area (Å²) in [6.45, 7) is 5.87. The quantitative estimate of drug-likeness (QED) is 0.799. The van der Waals surface area contributed by atoms with E-state index in [1.807, 2.05) is 26.8 Å². The molecule has 1 N–H and O–H groups in total. The van der Waals surface area contributed by atoms with Crippen molar-refractivity contribution >= 4 is 5.78 Å². The molecule has 0 saturated carbocycles. The van der Waals surface area contributed by atoms with E-state index in [9.17, 15) is 4.79 Å². The van der Waals surface area contributed by atoms with Gasteiger partial charge in [-0.3, -0.25) is 4.79 Å². The van der Waals surface area contributed by atoms with Gasteiger partial charge in [-0.25, -0.2) is 0 Å². The lowest BCUT2D eigenvalue weighted by Gasteiger charge is -2.15. The Morgan fingerprint density at radius 2 is 1.94 bits per heavy atom. The number of hydrogen-bond acceptors (Lipinski definition) is 3. The number of aliphatic hydroxyl groups excluding tert-OH is 1. The number of Topliss-reactive ketones (excluding diaryl/α,β-unsaturated/α-hetero) is 1. The fourth-order valence-corrected chi connectivity index (χ4v) is 2.05. The van der Waals surface area contributed by atoms with Crippen LogP contribution in [0.25, 0.3) is 0 Å². The molecule has 0 atom stereocenters. The van der Waals surface area contributed by atoms with Crippen molar-refractivity contribution in [1.29, 1.82) is 0 Å². The minimum atomic E-state index is 0.0545. The molecule has 0 bridgehead atoms. The average Bonchev–Trinajstić information content (AvgIpc) is 2.31. The minimum absolute atomic E-state index is 0.0545. The van der Waals surface area contributed by atoms with Gasteiger partial charge in [0.05, 0.1) is 7.11 Å². The molecule has 0 aliphatic heterocycles. The first-order chi connectivity index (χ1) is 8.02. The maximum Gasteiger partial charge on any atom is 0.163 e. The van der Waals surface area contributed by atoms with Crippen molar-refractivity contribution in [3.63, 3.8) is 0 Å². The molecule has 0 aliphatic carbocycles. The van der Waals surface area contributed by atoms with Crippen molar-refractivity contribution in [1.82, 2.24) is 0 Å². The number of carbonyl (C=O) groups is 1. The number of hydrogen-bond donors (Lipinski definition) is 1. The molecule has 0 unspecified atom stereocenters. The highest BCUT2D eigenvalue weighted by molar-refractivity contribution is 5.99. The Kier molecular flexibility index (Phi) is 4.70. The van der Waals surface area contributed by atoms with Gasteiger partial charge in [0.1, 0.15) is 5.75 Å². The summed E-state index contributed by atoms with van der Waals surface area (Å²) < 4.78 is 5.27. The third-order valence-corrected chi connectivity index (χ3v) is 3.11. The molecule has 0 aliphatic rings. The van der Waals surface area contributed by atoms with Gasteiger partial charge >= 0.3 is 0 Å². The number of methoxy groups -OCH3 is 1. The summed E-state index contributed by atoms with van der Waals surface area (Å²) in [5, 5.41) is 8.77. The standard InChI is InChI=1S/C14H20O3/c1-9-8-13(17-4)10(2)11(3)14(9)12(16)6-5-7-15/h8,15H,5-7H2,1-4H3. The van der Waals surface area contributed by atoms with Crippen LogP contribution in [0.3, 0.4) is 0 Å². The van der Waals surface area contributed by atoms with Crippen molar-refractivity contribution < 1.29 is 14.6 Å². The Bertz CT molecular complexity index is 422. The van der Waals surface area contributed by atoms with Gasteiger partial charge in [0.25, 0.3) is 0 Å². The number of ether oxygens (including phenoxy) is 1. The molecule has 0 aromatic heterocycles. The molecular weight excluding hydrogens is 216 g/mol. The van der Waals surface area contributed by atoms with Crippen molar-refractivity contribution in [2.75, 3.05) is 13.7 Å². The van der Waals surface area contributed by atoms with Crippen molar-refractivity contribution in [3.05, 3.63) is 28.3 Å². The van der Waals surface area contributed by atoms with Crippen LogP contribution in [-0.4, -0.2) is 24.6 Å². The van der Waals surface area contributed by atoms with Crippen LogP contribution in [0.5, 0.6) is 5.75 Å². The predicted molar refractivity (Wildman–Crippen MR) is 67.9 cm³/mol. The zero-order valence-corrected chi connectivity index (χ0v) is 11.0. The second-order valence-corrected chi connectivity index (χ2v) is 4.27. The van der Waals surface area contributed by atoms with E-state index in [2.05, 4.69) is 0 Å². The van der Waals surface area contributed by atoms with E-state index in [4.69, 9.17) is 9.84 Å².